The molecule has 0 heterocycles. The van der Waals surface area contributed by atoms with E-state index in [0.717, 1.165) is 5.69 Å². The van der Waals surface area contributed by atoms with Crippen LogP contribution in [-0.2, 0) is 0 Å². The van der Waals surface area contributed by atoms with Crippen molar-refractivity contribution in [2.45, 2.75) is 0 Å². The van der Waals surface area contributed by atoms with Gasteiger partial charge in [-0.1, -0.05) is 0 Å². The van der Waals surface area contributed by atoms with E-state index in [1.807, 2.05) is 43.3 Å². The first-order valence-electron chi connectivity index (χ1n) is 6.10. The van der Waals surface area contributed by atoms with Crippen molar-refractivity contribution in [3.63, 3.8) is 0 Å². The van der Waals surface area contributed by atoms with Crippen molar-refractivity contribution in [1.29, 1.82) is 0 Å². The molecule has 2 aromatic carbocycles. The lowest BCUT2D eigenvalue weighted by Crippen LogP contribution is -2.07. The van der Waals surface area contributed by atoms with Gasteiger partial charge in [0.05, 0.1) is 15.1 Å². The summed E-state index contributed by atoms with van der Waals surface area (Å²) in [4.78, 5) is 12.2. The van der Waals surface area contributed by atoms with E-state index < -0.39 is 4.92 Å². The van der Waals surface area contributed by atoms with Gasteiger partial charge in [-0.2, -0.15) is 5.11 Å². The minimum absolute atomic E-state index is 0.0103. The van der Waals surface area contributed by atoms with Gasteiger partial charge in [0.2, 0.25) is 0 Å². The molecule has 0 bridgehead atoms. The van der Waals surface area contributed by atoms with Gasteiger partial charge in [-0.3, -0.25) is 10.1 Å². The highest BCUT2D eigenvalue weighted by Crippen LogP contribution is 2.30. The van der Waals surface area contributed by atoms with E-state index in [9.17, 15) is 10.1 Å². The van der Waals surface area contributed by atoms with Gasteiger partial charge >= 0.3 is 0 Å². The quantitative estimate of drug-likeness (QED) is 0.450. The Morgan fingerprint density at radius 1 is 1.10 bits per heavy atom. The summed E-state index contributed by atoms with van der Waals surface area (Å²) in [6, 6.07) is 12.0. The van der Waals surface area contributed by atoms with Crippen LogP contribution in [0.4, 0.5) is 22.7 Å². The van der Waals surface area contributed by atoms with Gasteiger partial charge in [0.1, 0.15) is 5.69 Å². The van der Waals surface area contributed by atoms with E-state index in [1.165, 1.54) is 12.1 Å². The van der Waals surface area contributed by atoms with E-state index >= 15 is 0 Å². The number of nitro benzene ring substituents is 1. The van der Waals surface area contributed by atoms with Gasteiger partial charge in [-0.25, -0.2) is 0 Å². The number of halogens is 1. The van der Waals surface area contributed by atoms with E-state index in [1.54, 1.807) is 6.07 Å². The Bertz CT molecular complexity index is 684. The first-order chi connectivity index (χ1) is 9.97. The van der Waals surface area contributed by atoms with Crippen LogP contribution in [0.5, 0.6) is 0 Å². The van der Waals surface area contributed by atoms with E-state index in [4.69, 9.17) is 0 Å². The molecule has 0 unspecified atom stereocenters. The number of hydrogen-bond acceptors (Lipinski definition) is 5. The van der Waals surface area contributed by atoms with E-state index in [0.29, 0.717) is 15.8 Å². The molecule has 108 valence electrons. The second-order valence-corrected chi connectivity index (χ2v) is 5.36. The van der Waals surface area contributed by atoms with Crippen LogP contribution < -0.4 is 4.90 Å². The Kier molecular flexibility index (Phi) is 4.64. The maximum atomic E-state index is 10.7. The molecule has 0 aliphatic carbocycles. The molecule has 0 radical (unpaired) electrons. The monoisotopic (exact) mass is 348 g/mol. The van der Waals surface area contributed by atoms with Crippen LogP contribution >= 0.6 is 15.9 Å². The molecule has 0 aliphatic heterocycles. The van der Waals surface area contributed by atoms with Crippen molar-refractivity contribution in [1.82, 2.24) is 0 Å². The highest BCUT2D eigenvalue weighted by Gasteiger charge is 2.08. The summed E-state index contributed by atoms with van der Waals surface area (Å²) in [5, 5.41) is 18.9. The summed E-state index contributed by atoms with van der Waals surface area (Å²) in [7, 11) is 3.93. The third-order valence-electron chi connectivity index (χ3n) is 2.78. The maximum absolute atomic E-state index is 10.7. The Labute approximate surface area is 130 Å². The fourth-order valence-corrected chi connectivity index (χ4v) is 2.07. The third kappa shape index (κ3) is 3.85. The summed E-state index contributed by atoms with van der Waals surface area (Å²) in [5.74, 6) is 0. The summed E-state index contributed by atoms with van der Waals surface area (Å²) in [6.07, 6.45) is 0. The minimum Gasteiger partial charge on any atom is -0.378 e. The zero-order valence-corrected chi connectivity index (χ0v) is 13.1. The molecule has 0 saturated heterocycles. The lowest BCUT2D eigenvalue weighted by Gasteiger charge is -2.11. The van der Waals surface area contributed by atoms with Crippen LogP contribution in [0.2, 0.25) is 0 Å². The zero-order valence-electron chi connectivity index (χ0n) is 11.5. The molecule has 6 nitrogen and oxygen atoms in total. The Morgan fingerprint density at radius 2 is 1.76 bits per heavy atom. The molecule has 0 N–H and O–H groups in total. The number of benzene rings is 2. The van der Waals surface area contributed by atoms with Crippen LogP contribution in [0, 0.1) is 10.1 Å². The van der Waals surface area contributed by atoms with Gasteiger partial charge in [0.25, 0.3) is 5.69 Å². The molecular weight excluding hydrogens is 336 g/mol. The van der Waals surface area contributed by atoms with Crippen LogP contribution in [0.25, 0.3) is 0 Å². The van der Waals surface area contributed by atoms with Gasteiger partial charge in [0.15, 0.2) is 0 Å². The average molecular weight is 349 g/mol. The number of nitrogens with zero attached hydrogens (tertiary/aromatic N) is 4. The number of hydrogen-bond donors (Lipinski definition) is 0. The lowest BCUT2D eigenvalue weighted by molar-refractivity contribution is -0.384. The predicted molar refractivity (Wildman–Crippen MR) is 85.7 cm³/mol. The van der Waals surface area contributed by atoms with Gasteiger partial charge in [0, 0.05) is 31.9 Å². The highest BCUT2D eigenvalue weighted by molar-refractivity contribution is 9.10. The van der Waals surface area contributed by atoms with E-state index in [-0.39, 0.29) is 5.69 Å². The molecule has 2 aromatic rings. The van der Waals surface area contributed by atoms with Crippen molar-refractivity contribution in [3.8, 4) is 0 Å². The summed E-state index contributed by atoms with van der Waals surface area (Å²) >= 11 is 3.25. The fraction of sp³-hybridized carbons (Fsp3) is 0.143. The summed E-state index contributed by atoms with van der Waals surface area (Å²) in [6.45, 7) is 0. The van der Waals surface area contributed by atoms with Crippen LogP contribution in [0.1, 0.15) is 0 Å². The molecule has 0 atom stereocenters. The SMILES string of the molecule is CN(C)c1ccc(N=Nc2ccc([N+](=O)[O-])cc2Br)cc1. The molecule has 21 heavy (non-hydrogen) atoms. The van der Waals surface area contributed by atoms with Crippen LogP contribution in [0.15, 0.2) is 57.2 Å². The molecule has 0 aliphatic rings. The van der Waals surface area contributed by atoms with Crippen LogP contribution in [-0.4, -0.2) is 19.0 Å². The molecule has 0 amide bonds. The van der Waals surface area contributed by atoms with Crippen molar-refractivity contribution < 1.29 is 4.92 Å². The van der Waals surface area contributed by atoms with Gasteiger partial charge in [-0.05, 0) is 46.3 Å². The molecule has 2 rings (SSSR count). The molecule has 0 spiro atoms. The number of nitro groups is 1. The van der Waals surface area contributed by atoms with Gasteiger partial charge < -0.3 is 4.90 Å². The molecule has 7 heteroatoms. The largest absolute Gasteiger partial charge is 0.378 e. The second kappa shape index (κ2) is 6.45. The summed E-state index contributed by atoms with van der Waals surface area (Å²) in [5.41, 5.74) is 2.34. The minimum atomic E-state index is -0.453. The number of anilines is 1. The lowest BCUT2D eigenvalue weighted by atomic mass is 10.3. The number of rotatable bonds is 4. The fourth-order valence-electron chi connectivity index (χ4n) is 1.62. The second-order valence-electron chi connectivity index (χ2n) is 4.50. The zero-order chi connectivity index (χ0) is 15.4. The van der Waals surface area contributed by atoms with Crippen LogP contribution in [0.3, 0.4) is 0 Å². The molecule has 0 saturated carbocycles. The number of non-ortho nitro benzene ring substituents is 1. The van der Waals surface area contributed by atoms with Crippen molar-refractivity contribution in [2.75, 3.05) is 19.0 Å². The van der Waals surface area contributed by atoms with Crippen molar-refractivity contribution in [3.05, 3.63) is 57.1 Å². The average Bonchev–Trinajstić information content (AvgIpc) is 2.46. The first kappa shape index (κ1) is 15.1. The standard InChI is InChI=1S/C14H13BrN4O2/c1-18(2)11-5-3-10(4-6-11)16-17-14-8-7-12(19(20)21)9-13(14)15/h3-9H,1-2H3. The highest BCUT2D eigenvalue weighted by atomic mass is 79.9. The molecule has 0 aromatic heterocycles. The van der Waals surface area contributed by atoms with Crippen molar-refractivity contribution in [2.24, 2.45) is 10.2 Å². The Balaban J connectivity index is 2.19. The topological polar surface area (TPSA) is 71.1 Å². The Morgan fingerprint density at radius 3 is 2.29 bits per heavy atom. The third-order valence-corrected chi connectivity index (χ3v) is 3.42. The van der Waals surface area contributed by atoms with E-state index in [2.05, 4.69) is 26.2 Å². The maximum Gasteiger partial charge on any atom is 0.270 e. The van der Waals surface area contributed by atoms with Gasteiger partial charge in [-0.15, -0.1) is 5.11 Å². The summed E-state index contributed by atoms with van der Waals surface area (Å²) < 4.78 is 0.533. The normalized spacial score (nSPS) is 10.8. The first-order valence-corrected chi connectivity index (χ1v) is 6.90. The predicted octanol–water partition coefficient (Wildman–Crippen LogP) is 4.84. The molecular formula is C14H13BrN4O2. The van der Waals surface area contributed by atoms with Crippen molar-refractivity contribution >= 4 is 38.7 Å². The molecule has 0 fully saturated rings. The smallest absolute Gasteiger partial charge is 0.270 e. The number of azo groups is 1. The Hall–Kier alpha value is -2.28.